The van der Waals surface area contributed by atoms with E-state index < -0.39 is 6.04 Å². The summed E-state index contributed by atoms with van der Waals surface area (Å²) in [5.41, 5.74) is 2.14. The molecule has 0 aliphatic heterocycles. The number of amides is 1. The molecule has 0 radical (unpaired) electrons. The SMILES string of the molecule is COC(=O)CC(NC(=O)c1ccc(C)nc1)c1ccccc1. The van der Waals surface area contributed by atoms with Gasteiger partial charge in [0.2, 0.25) is 0 Å². The molecule has 5 heteroatoms. The predicted molar refractivity (Wildman–Crippen MR) is 82.3 cm³/mol. The zero-order valence-corrected chi connectivity index (χ0v) is 12.6. The fourth-order valence-electron chi connectivity index (χ4n) is 2.03. The van der Waals surface area contributed by atoms with Crippen LogP contribution in [0.5, 0.6) is 0 Å². The van der Waals surface area contributed by atoms with E-state index in [9.17, 15) is 9.59 Å². The van der Waals surface area contributed by atoms with Crippen molar-refractivity contribution in [3.63, 3.8) is 0 Å². The summed E-state index contributed by atoms with van der Waals surface area (Å²) in [5, 5.41) is 2.85. The number of methoxy groups -OCH3 is 1. The van der Waals surface area contributed by atoms with Gasteiger partial charge in [-0.2, -0.15) is 0 Å². The largest absolute Gasteiger partial charge is 0.469 e. The number of rotatable bonds is 5. The summed E-state index contributed by atoms with van der Waals surface area (Å²) in [6.45, 7) is 1.85. The number of carbonyl (C=O) groups excluding carboxylic acids is 2. The lowest BCUT2D eigenvalue weighted by Gasteiger charge is -2.18. The maximum absolute atomic E-state index is 12.3. The average Bonchev–Trinajstić information content (AvgIpc) is 2.55. The van der Waals surface area contributed by atoms with Crippen LogP contribution in [-0.2, 0) is 9.53 Å². The lowest BCUT2D eigenvalue weighted by atomic mass is 10.0. The number of ether oxygens (including phenoxy) is 1. The normalized spacial score (nSPS) is 11.5. The van der Waals surface area contributed by atoms with E-state index >= 15 is 0 Å². The van der Waals surface area contributed by atoms with Crippen molar-refractivity contribution in [3.05, 3.63) is 65.5 Å². The Labute approximate surface area is 129 Å². The van der Waals surface area contributed by atoms with E-state index in [1.165, 1.54) is 13.3 Å². The van der Waals surface area contributed by atoms with Crippen LogP contribution in [0.4, 0.5) is 0 Å². The minimum absolute atomic E-state index is 0.0749. The summed E-state index contributed by atoms with van der Waals surface area (Å²) in [7, 11) is 1.33. The van der Waals surface area contributed by atoms with Crippen LogP contribution in [0.3, 0.4) is 0 Å². The van der Waals surface area contributed by atoms with Crippen molar-refractivity contribution < 1.29 is 14.3 Å². The van der Waals surface area contributed by atoms with E-state index in [2.05, 4.69) is 10.3 Å². The van der Waals surface area contributed by atoms with Crippen LogP contribution in [0, 0.1) is 6.92 Å². The monoisotopic (exact) mass is 298 g/mol. The Morgan fingerprint density at radius 1 is 1.18 bits per heavy atom. The highest BCUT2D eigenvalue weighted by Gasteiger charge is 2.19. The van der Waals surface area contributed by atoms with E-state index in [1.54, 1.807) is 12.1 Å². The number of aryl methyl sites for hydroxylation is 1. The molecule has 1 aromatic carbocycles. The average molecular weight is 298 g/mol. The first-order valence-corrected chi connectivity index (χ1v) is 6.95. The van der Waals surface area contributed by atoms with Gasteiger partial charge in [-0.05, 0) is 24.6 Å². The summed E-state index contributed by atoms with van der Waals surface area (Å²) in [6.07, 6.45) is 1.59. The first kappa shape index (κ1) is 15.7. The van der Waals surface area contributed by atoms with E-state index in [-0.39, 0.29) is 18.3 Å². The molecule has 0 aliphatic carbocycles. The van der Waals surface area contributed by atoms with Crippen molar-refractivity contribution in [1.82, 2.24) is 10.3 Å². The Bertz CT molecular complexity index is 639. The lowest BCUT2D eigenvalue weighted by Crippen LogP contribution is -2.30. The lowest BCUT2D eigenvalue weighted by molar-refractivity contribution is -0.141. The summed E-state index contributed by atoms with van der Waals surface area (Å²) in [6, 6.07) is 12.4. The molecule has 1 atom stereocenters. The van der Waals surface area contributed by atoms with Gasteiger partial charge in [-0.1, -0.05) is 30.3 Å². The second kappa shape index (κ2) is 7.36. The molecule has 22 heavy (non-hydrogen) atoms. The number of hydrogen-bond donors (Lipinski definition) is 1. The van der Waals surface area contributed by atoms with Gasteiger partial charge in [-0.15, -0.1) is 0 Å². The molecule has 1 unspecified atom stereocenters. The van der Waals surface area contributed by atoms with Gasteiger partial charge < -0.3 is 10.1 Å². The molecule has 0 aliphatic rings. The van der Waals surface area contributed by atoms with Crippen LogP contribution in [-0.4, -0.2) is 24.0 Å². The van der Waals surface area contributed by atoms with Crippen LogP contribution in [0.15, 0.2) is 48.7 Å². The molecule has 1 N–H and O–H groups in total. The summed E-state index contributed by atoms with van der Waals surface area (Å²) >= 11 is 0. The summed E-state index contributed by atoms with van der Waals surface area (Å²) in [4.78, 5) is 28.0. The summed E-state index contributed by atoms with van der Waals surface area (Å²) in [5.74, 6) is -0.651. The van der Waals surface area contributed by atoms with Crippen LogP contribution in [0.2, 0.25) is 0 Å². The molecular formula is C17H18N2O3. The topological polar surface area (TPSA) is 68.3 Å². The highest BCUT2D eigenvalue weighted by Crippen LogP contribution is 2.18. The third-order valence-electron chi connectivity index (χ3n) is 3.28. The molecule has 5 nitrogen and oxygen atoms in total. The maximum Gasteiger partial charge on any atom is 0.307 e. The molecule has 0 spiro atoms. The number of nitrogens with one attached hydrogen (secondary N) is 1. The van der Waals surface area contributed by atoms with Gasteiger partial charge in [0.25, 0.3) is 5.91 Å². The molecule has 2 rings (SSSR count). The minimum Gasteiger partial charge on any atom is -0.469 e. The number of carbonyl (C=O) groups is 2. The molecule has 2 aromatic rings. The van der Waals surface area contributed by atoms with Gasteiger partial charge >= 0.3 is 5.97 Å². The van der Waals surface area contributed by atoms with Crippen LogP contribution >= 0.6 is 0 Å². The molecule has 0 saturated heterocycles. The molecular weight excluding hydrogens is 280 g/mol. The third-order valence-corrected chi connectivity index (χ3v) is 3.28. The van der Waals surface area contributed by atoms with Crippen LogP contribution in [0.1, 0.15) is 34.1 Å². The smallest absolute Gasteiger partial charge is 0.307 e. The van der Waals surface area contributed by atoms with Crippen molar-refractivity contribution in [2.24, 2.45) is 0 Å². The second-order valence-corrected chi connectivity index (χ2v) is 4.91. The Morgan fingerprint density at radius 2 is 1.91 bits per heavy atom. The predicted octanol–water partition coefficient (Wildman–Crippen LogP) is 2.42. The zero-order chi connectivity index (χ0) is 15.9. The Morgan fingerprint density at radius 3 is 2.50 bits per heavy atom. The summed E-state index contributed by atoms with van der Waals surface area (Å²) < 4.78 is 4.70. The van der Waals surface area contributed by atoms with Gasteiger partial charge in [-0.3, -0.25) is 14.6 Å². The van der Waals surface area contributed by atoms with Crippen molar-refractivity contribution in [2.75, 3.05) is 7.11 Å². The van der Waals surface area contributed by atoms with Gasteiger partial charge in [0.15, 0.2) is 0 Å². The van der Waals surface area contributed by atoms with E-state index in [4.69, 9.17) is 4.74 Å². The standard InChI is InChI=1S/C17H18N2O3/c1-12-8-9-14(11-18-12)17(21)19-15(10-16(20)22-2)13-6-4-3-5-7-13/h3-9,11,15H,10H2,1-2H3,(H,19,21). The quantitative estimate of drug-likeness (QED) is 0.861. The number of hydrogen-bond acceptors (Lipinski definition) is 4. The van der Waals surface area contributed by atoms with E-state index in [0.29, 0.717) is 5.56 Å². The molecule has 114 valence electrons. The zero-order valence-electron chi connectivity index (χ0n) is 12.6. The Balaban J connectivity index is 2.17. The second-order valence-electron chi connectivity index (χ2n) is 4.91. The third kappa shape index (κ3) is 4.15. The number of nitrogens with zero attached hydrogens (tertiary/aromatic N) is 1. The van der Waals surface area contributed by atoms with Crippen molar-refractivity contribution >= 4 is 11.9 Å². The van der Waals surface area contributed by atoms with E-state index in [0.717, 1.165) is 11.3 Å². The molecule has 1 amide bonds. The van der Waals surface area contributed by atoms with Crippen molar-refractivity contribution in [3.8, 4) is 0 Å². The maximum atomic E-state index is 12.3. The molecule has 1 heterocycles. The first-order valence-electron chi connectivity index (χ1n) is 6.95. The fraction of sp³-hybridized carbons (Fsp3) is 0.235. The van der Waals surface area contributed by atoms with Gasteiger partial charge in [-0.25, -0.2) is 0 Å². The highest BCUT2D eigenvalue weighted by atomic mass is 16.5. The molecule has 1 aromatic heterocycles. The number of esters is 1. The fourth-order valence-corrected chi connectivity index (χ4v) is 2.03. The van der Waals surface area contributed by atoms with Crippen molar-refractivity contribution in [1.29, 1.82) is 0 Å². The molecule has 0 fully saturated rings. The molecule has 0 bridgehead atoms. The van der Waals surface area contributed by atoms with Crippen LogP contribution in [0.25, 0.3) is 0 Å². The van der Waals surface area contributed by atoms with Crippen molar-refractivity contribution in [2.45, 2.75) is 19.4 Å². The Kier molecular flexibility index (Phi) is 5.25. The van der Waals surface area contributed by atoms with Gasteiger partial charge in [0.05, 0.1) is 25.1 Å². The highest BCUT2D eigenvalue weighted by molar-refractivity contribution is 5.94. The van der Waals surface area contributed by atoms with Gasteiger partial charge in [0.1, 0.15) is 0 Å². The Hall–Kier alpha value is -2.69. The molecule has 0 saturated carbocycles. The number of pyridine rings is 1. The van der Waals surface area contributed by atoms with Crippen LogP contribution < -0.4 is 5.32 Å². The van der Waals surface area contributed by atoms with Gasteiger partial charge in [0, 0.05) is 11.9 Å². The number of aromatic nitrogens is 1. The number of benzene rings is 1. The van der Waals surface area contributed by atoms with E-state index in [1.807, 2.05) is 37.3 Å². The first-order chi connectivity index (χ1) is 10.6. The minimum atomic E-state index is -0.442.